The van der Waals surface area contributed by atoms with Crippen molar-refractivity contribution in [2.75, 3.05) is 6.61 Å². The molecule has 5 rings (SSSR count). The first-order valence-electron chi connectivity index (χ1n) is 19.2. The normalized spacial score (nSPS) is 31.3. The van der Waals surface area contributed by atoms with Crippen molar-refractivity contribution in [1.29, 1.82) is 0 Å². The van der Waals surface area contributed by atoms with Gasteiger partial charge in [0.1, 0.15) is 12.0 Å². The van der Waals surface area contributed by atoms with Crippen LogP contribution in [0.4, 0.5) is 0 Å². The maximum Gasteiger partial charge on any atom is 0.250 e. The molecule has 0 spiro atoms. The Balaban J connectivity index is 1.23. The second-order valence-electron chi connectivity index (χ2n) is 17.1. The first-order chi connectivity index (χ1) is 22.0. The molecule has 258 valence electrons. The highest BCUT2D eigenvalue weighted by Crippen LogP contribution is 2.64. The number of benzene rings is 1. The molecule has 0 aromatic heterocycles. The fraction of sp³-hybridized carbons (Fsp3) is 0.780. The molecule has 4 nitrogen and oxygen atoms in total. The average Bonchev–Trinajstić information content (AvgIpc) is 3.30. The number of aldehydes is 1. The number of aryl methyl sites for hydroxylation is 1. The van der Waals surface area contributed by atoms with Crippen LogP contribution in [0.5, 0.6) is 5.75 Å². The van der Waals surface area contributed by atoms with E-state index in [-0.39, 0.29) is 16.7 Å². The van der Waals surface area contributed by atoms with Crippen molar-refractivity contribution in [3.8, 4) is 5.75 Å². The maximum absolute atomic E-state index is 10.5. The number of fused-ring (bicyclic) bond motifs is 5. The Morgan fingerprint density at radius 2 is 1.74 bits per heavy atom. The number of ether oxygens (including phenoxy) is 2. The molecule has 1 aliphatic heterocycles. The van der Waals surface area contributed by atoms with Crippen LogP contribution in [-0.2, 0) is 20.7 Å². The van der Waals surface area contributed by atoms with Gasteiger partial charge in [0, 0.05) is 13.0 Å². The van der Waals surface area contributed by atoms with E-state index in [9.17, 15) is 4.79 Å². The third-order valence-electron chi connectivity index (χ3n) is 12.9. The van der Waals surface area contributed by atoms with Gasteiger partial charge in [0.15, 0.2) is 6.29 Å². The van der Waals surface area contributed by atoms with Crippen LogP contribution >= 0.6 is 0 Å². The summed E-state index contributed by atoms with van der Waals surface area (Å²) in [7, 11) is -1.86. The molecular formula is C41H66O4Si. The number of carbonyl (C=O) groups excluding carboxylic acids is 1. The van der Waals surface area contributed by atoms with Gasteiger partial charge in [-0.3, -0.25) is 0 Å². The van der Waals surface area contributed by atoms with E-state index in [2.05, 4.69) is 71.1 Å². The highest BCUT2D eigenvalue weighted by Gasteiger charge is 2.59. The van der Waals surface area contributed by atoms with Crippen LogP contribution in [0, 0.1) is 23.2 Å². The highest BCUT2D eigenvalue weighted by atomic mass is 28.4. The SMILES string of the molecule is CC(C)(C)[Si](C)(C)Oc1ccc2c(c1)CC[C@@H]1[C@@H]2CC[C@@]2(C)[C@H]1C[C@H](C/C=C/CCCCCCCCC=O)[C@@H]2OC1CCCCO1. The lowest BCUT2D eigenvalue weighted by Gasteiger charge is -2.51. The van der Waals surface area contributed by atoms with E-state index in [1.807, 2.05) is 0 Å². The predicted molar refractivity (Wildman–Crippen MR) is 193 cm³/mol. The molecule has 1 heterocycles. The maximum atomic E-state index is 10.5. The number of unbranched alkanes of at least 4 members (excludes halogenated alkanes) is 7. The van der Waals surface area contributed by atoms with Gasteiger partial charge in [-0.25, -0.2) is 0 Å². The quantitative estimate of drug-likeness (QED) is 0.0820. The van der Waals surface area contributed by atoms with Crippen molar-refractivity contribution in [1.82, 2.24) is 0 Å². The summed E-state index contributed by atoms with van der Waals surface area (Å²) in [5, 5.41) is 0.204. The molecule has 1 unspecified atom stereocenters. The lowest BCUT2D eigenvalue weighted by molar-refractivity contribution is -0.220. The summed E-state index contributed by atoms with van der Waals surface area (Å²) in [6.45, 7) is 15.1. The second kappa shape index (κ2) is 15.9. The van der Waals surface area contributed by atoms with E-state index in [0.29, 0.717) is 23.9 Å². The van der Waals surface area contributed by atoms with Crippen LogP contribution in [-0.4, -0.2) is 33.6 Å². The van der Waals surface area contributed by atoms with Crippen LogP contribution in [0.25, 0.3) is 0 Å². The Bertz CT molecular complexity index is 1150. The predicted octanol–water partition coefficient (Wildman–Crippen LogP) is 11.3. The fourth-order valence-electron chi connectivity index (χ4n) is 9.26. The molecule has 1 saturated heterocycles. The first-order valence-corrected chi connectivity index (χ1v) is 22.1. The van der Waals surface area contributed by atoms with Crippen LogP contribution < -0.4 is 4.43 Å². The van der Waals surface area contributed by atoms with Crippen LogP contribution in [0.15, 0.2) is 30.4 Å². The third-order valence-corrected chi connectivity index (χ3v) is 17.3. The minimum atomic E-state index is -1.86. The number of hydrogen-bond donors (Lipinski definition) is 0. The zero-order valence-electron chi connectivity index (χ0n) is 30.3. The topological polar surface area (TPSA) is 44.8 Å². The zero-order chi connectivity index (χ0) is 32.8. The molecular weight excluding hydrogens is 585 g/mol. The summed E-state index contributed by atoms with van der Waals surface area (Å²) in [5.41, 5.74) is 3.39. The standard InChI is InChI=1S/C41H66O4Si/c1-40(2,3)46(5,6)45-33-22-24-34-31(29-33)21-23-36-35(34)25-26-41(4)37(36)30-32(39(41)44-38-20-16-18-28-43-38)19-15-13-11-9-7-8-10-12-14-17-27-42/h13,15,22,24,27,29,32,35-39H,7-12,14,16-21,23,25-26,28,30H2,1-6H3/b15-13+/t32-,35+,36+,37-,38?,39-,41-/m0/s1. The minimum absolute atomic E-state index is 0.0172. The summed E-state index contributed by atoms with van der Waals surface area (Å²) in [5.74, 6) is 3.80. The van der Waals surface area contributed by atoms with Crippen molar-refractivity contribution in [3.63, 3.8) is 0 Å². The molecule has 46 heavy (non-hydrogen) atoms. The van der Waals surface area contributed by atoms with Gasteiger partial charge >= 0.3 is 0 Å². The molecule has 4 aliphatic rings. The fourth-order valence-corrected chi connectivity index (χ4v) is 10.3. The zero-order valence-corrected chi connectivity index (χ0v) is 31.3. The molecule has 7 atom stereocenters. The second-order valence-corrected chi connectivity index (χ2v) is 21.8. The molecule has 0 N–H and O–H groups in total. The molecule has 5 heteroatoms. The molecule has 0 amide bonds. The molecule has 1 aromatic carbocycles. The average molecular weight is 651 g/mol. The number of carbonyl (C=O) groups is 1. The summed E-state index contributed by atoms with van der Waals surface area (Å²) in [6, 6.07) is 7.14. The summed E-state index contributed by atoms with van der Waals surface area (Å²) < 4.78 is 20.0. The van der Waals surface area contributed by atoms with E-state index in [0.717, 1.165) is 50.2 Å². The molecule has 3 aliphatic carbocycles. The van der Waals surface area contributed by atoms with Gasteiger partial charge in [-0.05, 0) is 148 Å². The molecule has 1 aromatic rings. The van der Waals surface area contributed by atoms with Crippen molar-refractivity contribution in [2.45, 2.75) is 173 Å². The van der Waals surface area contributed by atoms with E-state index in [1.54, 1.807) is 11.1 Å². The Labute approximate surface area is 282 Å². The lowest BCUT2D eigenvalue weighted by Crippen LogP contribution is -2.47. The Kier molecular flexibility index (Phi) is 12.4. The molecule has 0 bridgehead atoms. The van der Waals surface area contributed by atoms with Gasteiger partial charge in [-0.15, -0.1) is 0 Å². The van der Waals surface area contributed by atoms with Crippen LogP contribution in [0.3, 0.4) is 0 Å². The smallest absolute Gasteiger partial charge is 0.250 e. The summed E-state index contributed by atoms with van der Waals surface area (Å²) in [6.07, 6.45) is 26.4. The van der Waals surface area contributed by atoms with Crippen molar-refractivity contribution >= 4 is 14.6 Å². The molecule has 0 radical (unpaired) electrons. The highest BCUT2D eigenvalue weighted by molar-refractivity contribution is 6.74. The van der Waals surface area contributed by atoms with Gasteiger partial charge in [-0.2, -0.15) is 0 Å². The number of allylic oxidation sites excluding steroid dienone is 2. The van der Waals surface area contributed by atoms with E-state index >= 15 is 0 Å². The number of hydrogen-bond acceptors (Lipinski definition) is 4. The van der Waals surface area contributed by atoms with Gasteiger partial charge < -0.3 is 18.7 Å². The third kappa shape index (κ3) is 8.40. The summed E-state index contributed by atoms with van der Waals surface area (Å²) >= 11 is 0. The van der Waals surface area contributed by atoms with Gasteiger partial charge in [-0.1, -0.05) is 71.6 Å². The molecule has 3 fully saturated rings. The van der Waals surface area contributed by atoms with Crippen molar-refractivity contribution in [3.05, 3.63) is 41.5 Å². The Morgan fingerprint density at radius 3 is 2.46 bits per heavy atom. The van der Waals surface area contributed by atoms with Gasteiger partial charge in [0.25, 0.3) is 0 Å². The van der Waals surface area contributed by atoms with E-state index in [1.165, 1.54) is 83.5 Å². The monoisotopic (exact) mass is 650 g/mol. The van der Waals surface area contributed by atoms with E-state index in [4.69, 9.17) is 13.9 Å². The van der Waals surface area contributed by atoms with Crippen molar-refractivity contribution < 1.29 is 18.7 Å². The van der Waals surface area contributed by atoms with E-state index < -0.39 is 8.32 Å². The lowest BCUT2D eigenvalue weighted by atomic mass is 9.55. The molecule has 2 saturated carbocycles. The number of rotatable bonds is 15. The Morgan fingerprint density at radius 1 is 0.978 bits per heavy atom. The minimum Gasteiger partial charge on any atom is -0.543 e. The largest absolute Gasteiger partial charge is 0.543 e. The van der Waals surface area contributed by atoms with Gasteiger partial charge in [0.2, 0.25) is 8.32 Å². The summed E-state index contributed by atoms with van der Waals surface area (Å²) in [4.78, 5) is 10.5. The van der Waals surface area contributed by atoms with Gasteiger partial charge in [0.05, 0.1) is 6.10 Å². The first kappa shape index (κ1) is 35.9. The van der Waals surface area contributed by atoms with Crippen LogP contribution in [0.2, 0.25) is 18.1 Å². The van der Waals surface area contributed by atoms with Crippen LogP contribution in [0.1, 0.15) is 147 Å². The van der Waals surface area contributed by atoms with Crippen molar-refractivity contribution in [2.24, 2.45) is 23.2 Å². The Hall–Kier alpha value is -1.43.